The summed E-state index contributed by atoms with van der Waals surface area (Å²) in [6.45, 7) is 0. The van der Waals surface area contributed by atoms with Gasteiger partial charge in [-0.3, -0.25) is 0 Å². The lowest BCUT2D eigenvalue weighted by molar-refractivity contribution is 0.473. The minimum Gasteiger partial charge on any atom is -0.126 e. The second kappa shape index (κ2) is 4.38. The molecule has 0 aliphatic heterocycles. The van der Waals surface area contributed by atoms with Gasteiger partial charge in [0.15, 0.2) is 0 Å². The van der Waals surface area contributed by atoms with Gasteiger partial charge in [0, 0.05) is 11.1 Å². The summed E-state index contributed by atoms with van der Waals surface area (Å²) in [5.74, 6) is 0.976. The molecule has 2 fully saturated rings. The first-order valence-corrected chi connectivity index (χ1v) is 15.1. The van der Waals surface area contributed by atoms with Crippen LogP contribution < -0.4 is 0 Å². The van der Waals surface area contributed by atoms with Gasteiger partial charge in [0.2, 0.25) is 0 Å². The number of halogens is 6. The van der Waals surface area contributed by atoms with E-state index in [9.17, 15) is 0 Å². The van der Waals surface area contributed by atoms with Gasteiger partial charge >= 0.3 is 12.0 Å². The third kappa shape index (κ3) is 2.63. The molecule has 0 spiro atoms. The maximum Gasteiger partial charge on any atom is 0.344 e. The lowest BCUT2D eigenvalue weighted by Crippen LogP contribution is -2.37. The fourth-order valence-electron chi connectivity index (χ4n) is 3.23. The van der Waals surface area contributed by atoms with Crippen LogP contribution in [0.5, 0.6) is 0 Å². The van der Waals surface area contributed by atoms with Crippen molar-refractivity contribution in [2.75, 3.05) is 0 Å². The SMILES string of the molecule is Cl[Si](Cl)(Cl)C1C2CCC(C2)C1[Si](Cl)(Cl)Cl. The molecule has 0 aromatic heterocycles. The monoisotopic (exact) mass is 360 g/mol. The summed E-state index contributed by atoms with van der Waals surface area (Å²) < 4.78 is 0. The van der Waals surface area contributed by atoms with Crippen LogP contribution in [0.3, 0.4) is 0 Å². The number of rotatable bonds is 2. The van der Waals surface area contributed by atoms with Crippen LogP contribution >= 0.6 is 66.5 Å². The Morgan fingerprint density at radius 3 is 1.27 bits per heavy atom. The smallest absolute Gasteiger partial charge is 0.126 e. The first-order chi connectivity index (χ1) is 6.71. The van der Waals surface area contributed by atoms with Crippen molar-refractivity contribution < 1.29 is 0 Å². The van der Waals surface area contributed by atoms with Crippen LogP contribution in [0.4, 0.5) is 0 Å². The highest BCUT2D eigenvalue weighted by Gasteiger charge is 2.63. The molecular formula is C7H10Cl6Si2. The molecule has 0 radical (unpaired) electrons. The summed E-state index contributed by atoms with van der Waals surface area (Å²) in [5, 5.41) is 0. The zero-order valence-corrected chi connectivity index (χ0v) is 14.2. The third-order valence-electron chi connectivity index (χ3n) is 3.67. The Morgan fingerprint density at radius 2 is 1.00 bits per heavy atom. The zero-order valence-electron chi connectivity index (χ0n) is 7.70. The molecule has 0 N–H and O–H groups in total. The average molecular weight is 363 g/mol. The lowest BCUT2D eigenvalue weighted by atomic mass is 9.99. The van der Waals surface area contributed by atoms with Crippen molar-refractivity contribution in [3.63, 3.8) is 0 Å². The van der Waals surface area contributed by atoms with Crippen LogP contribution in [0.1, 0.15) is 19.3 Å². The highest BCUT2D eigenvalue weighted by Crippen LogP contribution is 2.68. The molecule has 0 nitrogen and oxygen atoms in total. The van der Waals surface area contributed by atoms with Gasteiger partial charge in [0.25, 0.3) is 0 Å². The number of hydrogen-bond donors (Lipinski definition) is 0. The van der Waals surface area contributed by atoms with Crippen LogP contribution in [-0.2, 0) is 0 Å². The summed E-state index contributed by atoms with van der Waals surface area (Å²) >= 11 is 36.9. The van der Waals surface area contributed by atoms with E-state index in [0.717, 1.165) is 19.3 Å². The maximum atomic E-state index is 6.15. The molecule has 0 aromatic rings. The van der Waals surface area contributed by atoms with Gasteiger partial charge in [-0.1, -0.05) is 12.8 Å². The van der Waals surface area contributed by atoms with Crippen LogP contribution in [0.15, 0.2) is 0 Å². The van der Waals surface area contributed by atoms with Crippen molar-refractivity contribution in [1.29, 1.82) is 0 Å². The Kier molecular flexibility index (Phi) is 3.97. The summed E-state index contributed by atoms with van der Waals surface area (Å²) in [6, 6.07) is -5.51. The fourth-order valence-corrected chi connectivity index (χ4v) is 15.3. The summed E-state index contributed by atoms with van der Waals surface area (Å²) in [4.78, 5) is 0. The topological polar surface area (TPSA) is 0 Å². The Morgan fingerprint density at radius 1 is 0.667 bits per heavy atom. The second-order valence-electron chi connectivity index (χ2n) is 4.47. The maximum absolute atomic E-state index is 6.15. The first kappa shape index (κ1) is 13.6. The van der Waals surface area contributed by atoms with E-state index in [1.54, 1.807) is 0 Å². The van der Waals surface area contributed by atoms with Gasteiger partial charge in [-0.15, -0.1) is 66.5 Å². The number of fused-ring (bicyclic) bond motifs is 2. The standard InChI is InChI=1S/C7H10Cl6Si2/c8-14(9,10)6-4-1-2-5(3-4)7(6)15(11,12)13/h4-7H,1-3H2. The van der Waals surface area contributed by atoms with E-state index in [4.69, 9.17) is 66.5 Å². The summed E-state index contributed by atoms with van der Waals surface area (Å²) in [7, 11) is 0. The molecule has 0 amide bonds. The van der Waals surface area contributed by atoms with Crippen LogP contribution in [0.25, 0.3) is 0 Å². The Balaban J connectivity index is 2.28. The molecule has 0 heterocycles. The average Bonchev–Trinajstić information content (AvgIpc) is 2.56. The van der Waals surface area contributed by atoms with Crippen molar-refractivity contribution in [3.05, 3.63) is 0 Å². The first-order valence-electron chi connectivity index (χ1n) is 4.84. The minimum absolute atomic E-state index is 0.0698. The largest absolute Gasteiger partial charge is 0.344 e. The fraction of sp³-hybridized carbons (Fsp3) is 1.00. The Hall–Kier alpha value is 2.17. The van der Waals surface area contributed by atoms with E-state index in [0.29, 0.717) is 11.8 Å². The van der Waals surface area contributed by atoms with Gasteiger partial charge in [0.05, 0.1) is 0 Å². The van der Waals surface area contributed by atoms with Crippen LogP contribution in [0.2, 0.25) is 11.1 Å². The van der Waals surface area contributed by atoms with Crippen molar-refractivity contribution in [2.45, 2.75) is 30.3 Å². The molecule has 2 saturated carbocycles. The van der Waals surface area contributed by atoms with Gasteiger partial charge in [-0.25, -0.2) is 0 Å². The second-order valence-corrected chi connectivity index (χ2v) is 22.2. The predicted octanol–water partition coefficient (Wildman–Crippen LogP) is 5.47. The molecule has 2 aliphatic rings. The molecule has 4 atom stereocenters. The highest BCUT2D eigenvalue weighted by atomic mass is 35.8. The highest BCUT2D eigenvalue weighted by molar-refractivity contribution is 7.68. The van der Waals surface area contributed by atoms with Gasteiger partial charge in [-0.2, -0.15) is 0 Å². The molecular weight excluding hydrogens is 353 g/mol. The molecule has 0 saturated heterocycles. The minimum atomic E-state index is -2.75. The molecule has 4 unspecified atom stereocenters. The van der Waals surface area contributed by atoms with Gasteiger partial charge < -0.3 is 0 Å². The molecule has 15 heavy (non-hydrogen) atoms. The summed E-state index contributed by atoms with van der Waals surface area (Å²) in [6.07, 6.45) is 3.38. The van der Waals surface area contributed by atoms with Crippen molar-refractivity contribution in [1.82, 2.24) is 0 Å². The molecule has 2 bridgehead atoms. The third-order valence-corrected chi connectivity index (χ3v) is 11.7. The van der Waals surface area contributed by atoms with Crippen LogP contribution in [0, 0.1) is 11.8 Å². The molecule has 8 heteroatoms. The molecule has 2 aliphatic carbocycles. The zero-order chi connectivity index (χ0) is 11.4. The Bertz CT molecular complexity index is 233. The Labute approximate surface area is 120 Å². The summed E-state index contributed by atoms with van der Waals surface area (Å²) in [5.41, 5.74) is 0.140. The molecule has 2 rings (SSSR count). The van der Waals surface area contributed by atoms with Crippen molar-refractivity contribution in [3.8, 4) is 0 Å². The van der Waals surface area contributed by atoms with E-state index in [-0.39, 0.29) is 11.1 Å². The van der Waals surface area contributed by atoms with E-state index < -0.39 is 12.0 Å². The number of hydrogen-bond acceptors (Lipinski definition) is 0. The molecule has 88 valence electrons. The van der Waals surface area contributed by atoms with Crippen LogP contribution in [-0.4, -0.2) is 12.0 Å². The van der Waals surface area contributed by atoms with Gasteiger partial charge in [-0.05, 0) is 18.3 Å². The van der Waals surface area contributed by atoms with E-state index >= 15 is 0 Å². The molecule has 0 aromatic carbocycles. The van der Waals surface area contributed by atoms with E-state index in [1.165, 1.54) is 0 Å². The normalized spacial score (nSPS) is 41.2. The lowest BCUT2D eigenvalue weighted by Gasteiger charge is -2.36. The van der Waals surface area contributed by atoms with E-state index in [1.807, 2.05) is 0 Å². The van der Waals surface area contributed by atoms with Crippen molar-refractivity contribution in [2.24, 2.45) is 11.8 Å². The predicted molar refractivity (Wildman–Crippen MR) is 75.0 cm³/mol. The van der Waals surface area contributed by atoms with E-state index in [2.05, 4.69) is 0 Å². The van der Waals surface area contributed by atoms with Gasteiger partial charge in [0.1, 0.15) is 0 Å². The quantitative estimate of drug-likeness (QED) is 0.451. The van der Waals surface area contributed by atoms with Crippen molar-refractivity contribution >= 4 is 78.5 Å².